The number of carbonyl (C=O) groups is 3. The van der Waals surface area contributed by atoms with E-state index in [-0.39, 0.29) is 36.6 Å². The van der Waals surface area contributed by atoms with Crippen LogP contribution in [0.1, 0.15) is 55.4 Å². The maximum atomic E-state index is 13.7. The summed E-state index contributed by atoms with van der Waals surface area (Å²) in [7, 11) is 0. The minimum atomic E-state index is -0.549. The van der Waals surface area contributed by atoms with Gasteiger partial charge in [0.2, 0.25) is 11.8 Å². The Kier molecular flexibility index (Phi) is 9.45. The van der Waals surface area contributed by atoms with Crippen LogP contribution in [-0.2, 0) is 27.3 Å². The summed E-state index contributed by atoms with van der Waals surface area (Å²) in [6.07, 6.45) is 3.50. The number of aromatic nitrogens is 3. The molecule has 0 radical (unpaired) electrons. The summed E-state index contributed by atoms with van der Waals surface area (Å²) in [6, 6.07) is 14.3. The van der Waals surface area contributed by atoms with Crippen LogP contribution in [0, 0.1) is 12.7 Å². The maximum Gasteiger partial charge on any atom is 0.260 e. The van der Waals surface area contributed by atoms with E-state index in [2.05, 4.69) is 10.4 Å². The molecule has 1 fully saturated rings. The fraction of sp³-hybridized carbons (Fsp3) is 0.452. The van der Waals surface area contributed by atoms with Gasteiger partial charge >= 0.3 is 0 Å². The van der Waals surface area contributed by atoms with E-state index in [1.165, 1.54) is 24.3 Å². The highest BCUT2D eigenvalue weighted by Gasteiger charge is 2.34. The lowest BCUT2D eigenvalue weighted by Gasteiger charge is -2.36. The number of hydrogen-bond donors (Lipinski definition) is 1. The fourth-order valence-corrected chi connectivity index (χ4v) is 5.63. The van der Waals surface area contributed by atoms with Crippen LogP contribution in [0.15, 0.2) is 54.6 Å². The van der Waals surface area contributed by atoms with Crippen LogP contribution in [0.2, 0.25) is 0 Å². The first-order chi connectivity index (χ1) is 20.4. The van der Waals surface area contributed by atoms with Crippen LogP contribution in [0.4, 0.5) is 4.39 Å². The number of hydrogen-bond acceptors (Lipinski definition) is 6. The molecule has 5 rings (SSSR count). The van der Waals surface area contributed by atoms with Crippen molar-refractivity contribution < 1.29 is 23.5 Å². The van der Waals surface area contributed by atoms with Crippen LogP contribution in [0.5, 0.6) is 5.75 Å². The highest BCUT2D eigenvalue weighted by molar-refractivity contribution is 5.88. The largest absolute Gasteiger partial charge is 0.484 e. The molecule has 2 aliphatic heterocycles. The molecular weight excluding hydrogens is 539 g/mol. The van der Waals surface area contributed by atoms with Gasteiger partial charge in [0, 0.05) is 26.1 Å². The summed E-state index contributed by atoms with van der Waals surface area (Å²) in [5, 5.41) is 7.81. The first-order valence-corrected chi connectivity index (χ1v) is 14.6. The Bertz CT molecular complexity index is 1380. The topological polar surface area (TPSA) is 110 Å². The molecule has 10 nitrogen and oxygen atoms in total. The van der Waals surface area contributed by atoms with E-state index >= 15 is 0 Å². The zero-order chi connectivity index (χ0) is 29.5. The van der Waals surface area contributed by atoms with Crippen molar-refractivity contribution in [3.05, 3.63) is 77.6 Å². The second kappa shape index (κ2) is 13.6. The first-order valence-electron chi connectivity index (χ1n) is 14.6. The lowest BCUT2D eigenvalue weighted by Crippen LogP contribution is -2.53. The van der Waals surface area contributed by atoms with E-state index in [9.17, 15) is 18.8 Å². The third kappa shape index (κ3) is 7.32. The molecule has 1 saturated heterocycles. The number of rotatable bonds is 5. The van der Waals surface area contributed by atoms with Crippen molar-refractivity contribution in [2.45, 2.75) is 64.1 Å². The molecule has 0 aliphatic carbocycles. The zero-order valence-corrected chi connectivity index (χ0v) is 23.9. The second-order valence-electron chi connectivity index (χ2n) is 10.8. The summed E-state index contributed by atoms with van der Waals surface area (Å²) in [5.74, 6) is 0.668. The Balaban J connectivity index is 1.41. The van der Waals surface area contributed by atoms with E-state index in [1.807, 2.05) is 30.3 Å². The third-order valence-electron chi connectivity index (χ3n) is 7.77. The van der Waals surface area contributed by atoms with Crippen LogP contribution in [0.25, 0.3) is 0 Å². The van der Waals surface area contributed by atoms with Crippen molar-refractivity contribution in [3.63, 3.8) is 0 Å². The monoisotopic (exact) mass is 576 g/mol. The molecule has 3 aromatic rings. The minimum absolute atomic E-state index is 0.0829. The van der Waals surface area contributed by atoms with Gasteiger partial charge in [-0.1, -0.05) is 30.3 Å². The van der Waals surface area contributed by atoms with Gasteiger partial charge in [0.05, 0.1) is 12.6 Å². The van der Waals surface area contributed by atoms with Crippen molar-refractivity contribution in [2.24, 2.45) is 0 Å². The van der Waals surface area contributed by atoms with Crippen molar-refractivity contribution >= 4 is 17.7 Å². The average molecular weight is 577 g/mol. The van der Waals surface area contributed by atoms with Crippen molar-refractivity contribution in [3.8, 4) is 5.75 Å². The Labute approximate surface area is 244 Å². The fourth-order valence-electron chi connectivity index (χ4n) is 5.63. The SMILES string of the molecule is Cc1nc2n(n1)CCN(C(=O)COc1ccc(F)cc1)CCCC(=O)N1CCCC[C@H]1C(=O)N[C@@H]2Cc1ccccc1. The standard InChI is InChI=1S/C31H37FN6O4/c1-22-33-30-26(20-23-8-3-2-4-9-23)34-31(41)27-10-5-6-17-37(27)28(39)11-7-16-36(18-19-38(30)35-22)29(40)21-42-25-14-12-24(32)13-15-25/h2-4,8-9,12-15,26-27H,5-7,10-11,16-21H2,1H3,(H,34,41)/t26-,27+/m1/s1. The van der Waals surface area contributed by atoms with E-state index < -0.39 is 12.1 Å². The smallest absolute Gasteiger partial charge is 0.260 e. The molecule has 2 aromatic carbocycles. The summed E-state index contributed by atoms with van der Waals surface area (Å²) < 4.78 is 20.7. The van der Waals surface area contributed by atoms with Crippen molar-refractivity contribution in [1.82, 2.24) is 29.9 Å². The lowest BCUT2D eigenvalue weighted by molar-refractivity contribution is -0.143. The molecule has 3 heterocycles. The minimum Gasteiger partial charge on any atom is -0.484 e. The number of amides is 3. The number of ether oxygens (including phenoxy) is 1. The highest BCUT2D eigenvalue weighted by Crippen LogP contribution is 2.23. The van der Waals surface area contributed by atoms with Crippen LogP contribution < -0.4 is 10.1 Å². The molecule has 0 bridgehead atoms. The Morgan fingerprint density at radius 1 is 1.00 bits per heavy atom. The normalized spacial score (nSPS) is 20.2. The molecule has 42 heavy (non-hydrogen) atoms. The Morgan fingerprint density at radius 2 is 1.79 bits per heavy atom. The van der Waals surface area contributed by atoms with Gasteiger partial charge in [-0.15, -0.1) is 0 Å². The molecule has 0 spiro atoms. The molecule has 1 aromatic heterocycles. The lowest BCUT2D eigenvalue weighted by atomic mass is 9.99. The van der Waals surface area contributed by atoms with E-state index in [0.29, 0.717) is 62.8 Å². The van der Waals surface area contributed by atoms with Gasteiger partial charge in [0.1, 0.15) is 29.3 Å². The van der Waals surface area contributed by atoms with Gasteiger partial charge < -0.3 is 19.9 Å². The molecule has 2 aliphatic rings. The van der Waals surface area contributed by atoms with Gasteiger partial charge in [-0.2, -0.15) is 5.10 Å². The van der Waals surface area contributed by atoms with Gasteiger partial charge in [-0.05, 0) is 68.9 Å². The highest BCUT2D eigenvalue weighted by atomic mass is 19.1. The Morgan fingerprint density at radius 3 is 2.57 bits per heavy atom. The predicted octanol–water partition coefficient (Wildman–Crippen LogP) is 3.21. The first kappa shape index (κ1) is 29.2. The molecule has 11 heteroatoms. The number of nitrogens with zero attached hydrogens (tertiary/aromatic N) is 5. The van der Waals surface area contributed by atoms with E-state index in [4.69, 9.17) is 9.72 Å². The molecule has 2 atom stereocenters. The van der Waals surface area contributed by atoms with Gasteiger partial charge in [-0.25, -0.2) is 14.1 Å². The zero-order valence-electron chi connectivity index (χ0n) is 23.9. The van der Waals surface area contributed by atoms with E-state index in [0.717, 1.165) is 18.4 Å². The summed E-state index contributed by atoms with van der Waals surface area (Å²) in [5.41, 5.74) is 1.03. The quantitative estimate of drug-likeness (QED) is 0.500. The van der Waals surface area contributed by atoms with Crippen LogP contribution >= 0.6 is 0 Å². The molecule has 3 amide bonds. The molecule has 1 N–H and O–H groups in total. The number of nitrogens with one attached hydrogen (secondary N) is 1. The summed E-state index contributed by atoms with van der Waals surface area (Å²) in [4.78, 5) is 48.3. The Hall–Kier alpha value is -4.28. The third-order valence-corrected chi connectivity index (χ3v) is 7.77. The van der Waals surface area contributed by atoms with Gasteiger partial charge in [-0.3, -0.25) is 14.4 Å². The number of aryl methyl sites for hydroxylation is 1. The van der Waals surface area contributed by atoms with Gasteiger partial charge in [0.25, 0.3) is 5.91 Å². The average Bonchev–Trinajstić information content (AvgIpc) is 3.38. The number of fused-ring (bicyclic) bond motifs is 2. The summed E-state index contributed by atoms with van der Waals surface area (Å²) >= 11 is 0. The molecule has 222 valence electrons. The summed E-state index contributed by atoms with van der Waals surface area (Å²) in [6.45, 7) is 3.12. The van der Waals surface area contributed by atoms with Crippen molar-refractivity contribution in [1.29, 1.82) is 0 Å². The van der Waals surface area contributed by atoms with E-state index in [1.54, 1.807) is 21.4 Å². The van der Waals surface area contributed by atoms with Crippen molar-refractivity contribution in [2.75, 3.05) is 26.2 Å². The number of halogens is 1. The number of benzene rings is 2. The number of carbonyl (C=O) groups excluding carboxylic acids is 3. The maximum absolute atomic E-state index is 13.7. The second-order valence-corrected chi connectivity index (χ2v) is 10.8. The number of piperidine rings is 1. The predicted molar refractivity (Wildman–Crippen MR) is 153 cm³/mol. The molecule has 0 unspecified atom stereocenters. The van der Waals surface area contributed by atoms with Crippen LogP contribution in [-0.4, -0.2) is 74.6 Å². The molecule has 0 saturated carbocycles. The molecular formula is C31H37FN6O4. The van der Waals surface area contributed by atoms with Crippen LogP contribution in [0.3, 0.4) is 0 Å². The van der Waals surface area contributed by atoms with Gasteiger partial charge in [0.15, 0.2) is 6.61 Å².